The van der Waals surface area contributed by atoms with Gasteiger partial charge in [0.25, 0.3) is 5.91 Å². The van der Waals surface area contributed by atoms with Gasteiger partial charge in [0.1, 0.15) is 5.21 Å². The summed E-state index contributed by atoms with van der Waals surface area (Å²) in [5, 5.41) is -0.558. The smallest absolute Gasteiger partial charge is 0.255 e. The van der Waals surface area contributed by atoms with Gasteiger partial charge in [-0.05, 0) is 12.1 Å². The van der Waals surface area contributed by atoms with Crippen LogP contribution < -0.4 is 4.72 Å². The number of anilines is 1. The first-order valence-electron chi connectivity index (χ1n) is 4.74. The molecule has 0 aliphatic rings. The zero-order valence-corrected chi connectivity index (χ0v) is 11.0. The topological polar surface area (TPSA) is 66.5 Å². The molecule has 0 spiro atoms. The number of nitrogens with one attached hydrogen (secondary N) is 1. The molecule has 0 radical (unpaired) electrons. The second-order valence-corrected chi connectivity index (χ2v) is 5.88. The number of para-hydroxylation sites is 1. The minimum atomic E-state index is -3.61. The second-order valence-electron chi connectivity index (χ2n) is 3.57. The van der Waals surface area contributed by atoms with Crippen LogP contribution in [0, 0.1) is 0 Å². The third-order valence-corrected chi connectivity index (χ3v) is 3.65. The number of halogens is 1. The molecule has 94 valence electrons. The Balaban J connectivity index is 3.13. The minimum absolute atomic E-state index is 0.229. The summed E-state index contributed by atoms with van der Waals surface area (Å²) in [7, 11) is -0.425. The van der Waals surface area contributed by atoms with Gasteiger partial charge < -0.3 is 4.90 Å². The molecule has 0 atom stereocenters. The minimum Gasteiger partial charge on any atom is -0.345 e. The van der Waals surface area contributed by atoms with Crippen LogP contribution in [0.2, 0.25) is 0 Å². The lowest BCUT2D eigenvalue weighted by molar-refractivity contribution is 0.0828. The summed E-state index contributed by atoms with van der Waals surface area (Å²) in [5.41, 5.74) is 0.512. The molecule has 0 saturated heterocycles. The molecule has 1 aromatic carbocycles. The number of benzene rings is 1. The van der Waals surface area contributed by atoms with Gasteiger partial charge in [0.15, 0.2) is 0 Å². The molecule has 0 bridgehead atoms. The average molecular weight is 277 g/mol. The van der Waals surface area contributed by atoms with Crippen LogP contribution in [0.1, 0.15) is 10.4 Å². The van der Waals surface area contributed by atoms with E-state index in [1.807, 2.05) is 0 Å². The molecule has 1 amide bonds. The molecule has 5 nitrogen and oxygen atoms in total. The lowest BCUT2D eigenvalue weighted by atomic mass is 10.1. The third kappa shape index (κ3) is 3.61. The van der Waals surface area contributed by atoms with Crippen molar-refractivity contribution in [3.05, 3.63) is 29.8 Å². The van der Waals surface area contributed by atoms with Crippen LogP contribution >= 0.6 is 11.6 Å². The van der Waals surface area contributed by atoms with Crippen molar-refractivity contribution in [1.82, 2.24) is 4.90 Å². The summed E-state index contributed by atoms with van der Waals surface area (Å²) in [6.45, 7) is 0. The quantitative estimate of drug-likeness (QED) is 0.844. The highest BCUT2D eigenvalue weighted by atomic mass is 35.5. The molecule has 0 fully saturated rings. The zero-order chi connectivity index (χ0) is 13.1. The van der Waals surface area contributed by atoms with Gasteiger partial charge in [0.05, 0.1) is 11.3 Å². The molecule has 0 aromatic heterocycles. The van der Waals surface area contributed by atoms with Gasteiger partial charge in [-0.25, -0.2) is 8.42 Å². The van der Waals surface area contributed by atoms with E-state index in [1.54, 1.807) is 32.3 Å². The van der Waals surface area contributed by atoms with E-state index < -0.39 is 15.2 Å². The summed E-state index contributed by atoms with van der Waals surface area (Å²) < 4.78 is 25.0. The number of sulfonamides is 1. The molecule has 0 aliphatic carbocycles. The molecule has 0 heterocycles. The van der Waals surface area contributed by atoms with Crippen LogP contribution in [0.5, 0.6) is 0 Å². The number of nitrogens with zero attached hydrogens (tertiary/aromatic N) is 1. The number of carbonyl (C=O) groups is 1. The Morgan fingerprint density at radius 1 is 1.35 bits per heavy atom. The van der Waals surface area contributed by atoms with E-state index in [0.717, 1.165) is 0 Å². The van der Waals surface area contributed by atoms with Crippen LogP contribution in [0.25, 0.3) is 0 Å². The first-order valence-corrected chi connectivity index (χ1v) is 6.93. The summed E-state index contributed by atoms with van der Waals surface area (Å²) >= 11 is 5.29. The summed E-state index contributed by atoms with van der Waals surface area (Å²) in [5.74, 6) is -0.280. The number of rotatable bonds is 4. The van der Waals surface area contributed by atoms with Gasteiger partial charge in [-0.2, -0.15) is 0 Å². The normalized spacial score (nSPS) is 11.0. The predicted molar refractivity (Wildman–Crippen MR) is 67.7 cm³/mol. The van der Waals surface area contributed by atoms with E-state index in [0.29, 0.717) is 0 Å². The molecule has 0 aliphatic heterocycles. The summed E-state index contributed by atoms with van der Waals surface area (Å²) in [6, 6.07) is 6.36. The van der Waals surface area contributed by atoms with Crippen LogP contribution in [0.15, 0.2) is 24.3 Å². The van der Waals surface area contributed by atoms with Gasteiger partial charge in [0, 0.05) is 14.1 Å². The number of amides is 1. The van der Waals surface area contributed by atoms with Crippen molar-refractivity contribution < 1.29 is 13.2 Å². The van der Waals surface area contributed by atoms with Crippen molar-refractivity contribution in [3.8, 4) is 0 Å². The van der Waals surface area contributed by atoms with Crippen molar-refractivity contribution in [2.45, 2.75) is 0 Å². The van der Waals surface area contributed by atoms with Crippen molar-refractivity contribution in [2.24, 2.45) is 0 Å². The lowest BCUT2D eigenvalue weighted by Crippen LogP contribution is -2.24. The Hall–Kier alpha value is -1.27. The first kappa shape index (κ1) is 13.8. The number of alkyl halides is 1. The highest BCUT2D eigenvalue weighted by Crippen LogP contribution is 2.18. The molecule has 0 saturated carbocycles. The Kier molecular flexibility index (Phi) is 4.36. The molecule has 0 unspecified atom stereocenters. The van der Waals surface area contributed by atoms with Crippen LogP contribution in [0.4, 0.5) is 5.69 Å². The van der Waals surface area contributed by atoms with E-state index in [4.69, 9.17) is 11.6 Å². The highest BCUT2D eigenvalue weighted by Gasteiger charge is 2.16. The molecular formula is C10H13ClN2O3S. The van der Waals surface area contributed by atoms with Gasteiger partial charge in [0.2, 0.25) is 10.0 Å². The van der Waals surface area contributed by atoms with Crippen LogP contribution in [0.3, 0.4) is 0 Å². The lowest BCUT2D eigenvalue weighted by Gasteiger charge is -2.14. The predicted octanol–water partition coefficient (Wildman–Crippen LogP) is 1.33. The van der Waals surface area contributed by atoms with Crippen molar-refractivity contribution in [3.63, 3.8) is 0 Å². The molecule has 17 heavy (non-hydrogen) atoms. The summed E-state index contributed by atoms with van der Waals surface area (Å²) in [4.78, 5) is 13.2. The second kappa shape index (κ2) is 5.37. The Bertz CT molecular complexity index is 514. The molecule has 1 N–H and O–H groups in total. The fourth-order valence-corrected chi connectivity index (χ4v) is 1.93. The average Bonchev–Trinajstić information content (AvgIpc) is 2.28. The number of hydrogen-bond donors (Lipinski definition) is 1. The Morgan fingerprint density at radius 3 is 2.47 bits per heavy atom. The third-order valence-electron chi connectivity index (χ3n) is 1.97. The van der Waals surface area contributed by atoms with E-state index in [1.165, 1.54) is 11.0 Å². The number of carbonyl (C=O) groups excluding carboxylic acids is 1. The van der Waals surface area contributed by atoms with E-state index >= 15 is 0 Å². The standard InChI is InChI=1S/C10H13ClN2O3S/c1-13(2)10(14)8-5-3-4-6-9(8)12-17(15,16)7-11/h3-6,12H,7H2,1-2H3. The monoisotopic (exact) mass is 276 g/mol. The van der Waals surface area contributed by atoms with E-state index in [-0.39, 0.29) is 17.2 Å². The van der Waals surface area contributed by atoms with Crippen molar-refractivity contribution >= 4 is 33.2 Å². The summed E-state index contributed by atoms with van der Waals surface area (Å²) in [6.07, 6.45) is 0. The first-order chi connectivity index (χ1) is 7.87. The highest BCUT2D eigenvalue weighted by molar-refractivity contribution is 7.93. The molecule has 1 aromatic rings. The fourth-order valence-electron chi connectivity index (χ4n) is 1.19. The zero-order valence-electron chi connectivity index (χ0n) is 9.47. The van der Waals surface area contributed by atoms with E-state index in [2.05, 4.69) is 4.72 Å². The van der Waals surface area contributed by atoms with Gasteiger partial charge in [-0.15, -0.1) is 11.6 Å². The largest absolute Gasteiger partial charge is 0.345 e. The van der Waals surface area contributed by atoms with Gasteiger partial charge in [-0.3, -0.25) is 9.52 Å². The maximum Gasteiger partial charge on any atom is 0.255 e. The SMILES string of the molecule is CN(C)C(=O)c1ccccc1NS(=O)(=O)CCl. The van der Waals surface area contributed by atoms with Gasteiger partial charge >= 0.3 is 0 Å². The van der Waals surface area contributed by atoms with Crippen LogP contribution in [-0.2, 0) is 10.0 Å². The maximum atomic E-state index is 11.8. The van der Waals surface area contributed by atoms with Crippen molar-refractivity contribution in [1.29, 1.82) is 0 Å². The molecular weight excluding hydrogens is 264 g/mol. The van der Waals surface area contributed by atoms with Crippen molar-refractivity contribution in [2.75, 3.05) is 24.0 Å². The van der Waals surface area contributed by atoms with Gasteiger partial charge in [-0.1, -0.05) is 12.1 Å². The molecule has 1 rings (SSSR count). The van der Waals surface area contributed by atoms with Crippen LogP contribution in [-0.4, -0.2) is 38.5 Å². The Morgan fingerprint density at radius 2 is 1.94 bits per heavy atom. The molecule has 7 heteroatoms. The van der Waals surface area contributed by atoms with E-state index in [9.17, 15) is 13.2 Å². The Labute approximate surface area is 105 Å². The fraction of sp³-hybridized carbons (Fsp3) is 0.300. The maximum absolute atomic E-state index is 11.8. The number of hydrogen-bond acceptors (Lipinski definition) is 3.